The molecule has 0 bridgehead atoms. The molecule has 0 unspecified atom stereocenters. The van der Waals surface area contributed by atoms with Crippen LogP contribution in [0.3, 0.4) is 0 Å². The lowest BCUT2D eigenvalue weighted by Crippen LogP contribution is -2.67. The Hall–Kier alpha value is -2.13. The van der Waals surface area contributed by atoms with Crippen molar-refractivity contribution in [3.63, 3.8) is 0 Å². The van der Waals surface area contributed by atoms with Crippen molar-refractivity contribution in [2.75, 3.05) is 11.9 Å². The van der Waals surface area contributed by atoms with Gasteiger partial charge in [0.15, 0.2) is 0 Å². The molecule has 0 spiro atoms. The second-order valence-electron chi connectivity index (χ2n) is 5.56. The molecule has 2 amide bonds. The monoisotopic (exact) mass is 386 g/mol. The van der Waals surface area contributed by atoms with Crippen molar-refractivity contribution in [3.05, 3.63) is 24.3 Å². The minimum Gasteiger partial charge on any atom is -0.494 e. The Labute approximate surface area is 146 Å². The van der Waals surface area contributed by atoms with E-state index in [1.807, 2.05) is 12.2 Å². The van der Waals surface area contributed by atoms with Crippen LogP contribution < -0.4 is 15.4 Å². The van der Waals surface area contributed by atoms with E-state index < -0.39 is 30.3 Å². The van der Waals surface area contributed by atoms with E-state index >= 15 is 0 Å². The number of benzene rings is 1. The molecule has 0 heterocycles. The molecule has 0 saturated heterocycles. The molecule has 0 aliphatic rings. The number of hydrogen-bond donors (Lipinski definition) is 2. The average molecular weight is 386 g/mol. The van der Waals surface area contributed by atoms with Crippen molar-refractivity contribution in [2.45, 2.75) is 51.0 Å². The summed E-state index contributed by atoms with van der Waals surface area (Å²) in [6, 6.07) is 3.92. The van der Waals surface area contributed by atoms with Crippen LogP contribution in [0.5, 0.6) is 5.75 Å². The molecule has 0 aromatic heterocycles. The number of hydrogen-bond acceptors (Lipinski definition) is 2. The largest absolute Gasteiger partial charge is 0.494 e. The number of rotatable bonds is 7. The van der Waals surface area contributed by atoms with Crippen LogP contribution in [-0.4, -0.2) is 30.5 Å². The highest BCUT2D eigenvalue weighted by molar-refractivity contribution is 5.90. The summed E-state index contributed by atoms with van der Waals surface area (Å²) in [4.78, 5) is 11.7. The van der Waals surface area contributed by atoms with E-state index in [0.717, 1.165) is 18.2 Å². The predicted molar refractivity (Wildman–Crippen MR) is 84.1 cm³/mol. The van der Waals surface area contributed by atoms with E-state index in [0.29, 0.717) is 19.3 Å². The number of carbonyl (C=O) groups excluding carboxylic acids is 1. The number of carbonyl (C=O) groups is 1. The number of unbranched alkanes of at least 4 members (excludes halogenated alkanes) is 1. The molecule has 0 aliphatic heterocycles. The Balaban J connectivity index is 2.83. The van der Waals surface area contributed by atoms with E-state index in [9.17, 15) is 31.1 Å². The molecular weight excluding hydrogens is 366 g/mol. The van der Waals surface area contributed by atoms with Crippen LogP contribution in [0, 0.1) is 0 Å². The fraction of sp³-hybridized carbons (Fsp3) is 0.562. The van der Waals surface area contributed by atoms with Crippen molar-refractivity contribution in [2.24, 2.45) is 0 Å². The van der Waals surface area contributed by atoms with Crippen molar-refractivity contribution in [1.82, 2.24) is 5.32 Å². The van der Waals surface area contributed by atoms with E-state index in [-0.39, 0.29) is 5.69 Å². The second-order valence-corrected chi connectivity index (χ2v) is 5.56. The van der Waals surface area contributed by atoms with Gasteiger partial charge in [0.25, 0.3) is 0 Å². The average Bonchev–Trinajstić information content (AvgIpc) is 2.52. The molecule has 0 radical (unpaired) electrons. The first-order valence-corrected chi connectivity index (χ1v) is 7.92. The van der Waals surface area contributed by atoms with Crippen molar-refractivity contribution >= 4 is 11.7 Å². The zero-order valence-corrected chi connectivity index (χ0v) is 14.2. The molecule has 1 aromatic rings. The Kier molecular flexibility index (Phi) is 7.16. The normalized spacial score (nSPS) is 12.6. The molecule has 1 aromatic carbocycles. The highest BCUT2D eigenvalue weighted by Crippen LogP contribution is 2.45. The third kappa shape index (κ3) is 5.18. The molecule has 2 N–H and O–H groups in total. The zero-order chi connectivity index (χ0) is 20.0. The molecule has 26 heavy (non-hydrogen) atoms. The van der Waals surface area contributed by atoms with Gasteiger partial charge in [0.2, 0.25) is 5.54 Å². The van der Waals surface area contributed by atoms with Crippen LogP contribution in [0.1, 0.15) is 33.1 Å². The number of ether oxygens (including phenoxy) is 1. The maximum atomic E-state index is 13.0. The number of urea groups is 1. The Morgan fingerprint density at radius 3 is 1.96 bits per heavy atom. The molecule has 0 fully saturated rings. The Morgan fingerprint density at radius 1 is 1.00 bits per heavy atom. The summed E-state index contributed by atoms with van der Waals surface area (Å²) in [6.45, 7) is 3.15. The van der Waals surface area contributed by atoms with Gasteiger partial charge in [0, 0.05) is 5.69 Å². The predicted octanol–water partition coefficient (Wildman–Crippen LogP) is 5.26. The minimum atomic E-state index is -5.70. The van der Waals surface area contributed by atoms with Crippen LogP contribution in [-0.2, 0) is 0 Å². The van der Waals surface area contributed by atoms with Crippen LogP contribution in [0.15, 0.2) is 24.3 Å². The summed E-state index contributed by atoms with van der Waals surface area (Å²) in [6.07, 6.45) is -11.0. The molecule has 148 valence electrons. The summed E-state index contributed by atoms with van der Waals surface area (Å²) in [5, 5.41) is 3.00. The van der Waals surface area contributed by atoms with Crippen LogP contribution in [0.2, 0.25) is 0 Å². The molecule has 0 atom stereocenters. The lowest BCUT2D eigenvalue weighted by molar-refractivity contribution is -0.304. The minimum absolute atomic E-state index is 0.0275. The van der Waals surface area contributed by atoms with Crippen LogP contribution >= 0.6 is 0 Å². The first-order chi connectivity index (χ1) is 12.0. The summed E-state index contributed by atoms with van der Waals surface area (Å²) >= 11 is 0. The summed E-state index contributed by atoms with van der Waals surface area (Å²) < 4.78 is 83.3. The Bertz CT molecular complexity index is 570. The van der Waals surface area contributed by atoms with Crippen molar-refractivity contribution < 1.29 is 35.9 Å². The van der Waals surface area contributed by atoms with Gasteiger partial charge in [0.05, 0.1) is 6.61 Å². The van der Waals surface area contributed by atoms with E-state index in [1.165, 1.54) is 24.3 Å². The quantitative estimate of drug-likeness (QED) is 0.496. The van der Waals surface area contributed by atoms with Crippen LogP contribution in [0.4, 0.5) is 36.8 Å². The maximum absolute atomic E-state index is 13.0. The highest BCUT2D eigenvalue weighted by Gasteiger charge is 2.70. The van der Waals surface area contributed by atoms with Gasteiger partial charge in [0.1, 0.15) is 5.75 Å². The first kappa shape index (κ1) is 21.9. The fourth-order valence-electron chi connectivity index (χ4n) is 2.12. The lowest BCUT2D eigenvalue weighted by Gasteiger charge is -2.37. The highest BCUT2D eigenvalue weighted by atomic mass is 19.4. The molecule has 1 rings (SSSR count). The van der Waals surface area contributed by atoms with Crippen molar-refractivity contribution in [1.29, 1.82) is 0 Å². The fourth-order valence-corrected chi connectivity index (χ4v) is 2.12. The summed E-state index contributed by atoms with van der Waals surface area (Å²) in [5.41, 5.74) is -4.30. The third-order valence-electron chi connectivity index (χ3n) is 3.70. The van der Waals surface area contributed by atoms with Gasteiger partial charge >= 0.3 is 18.4 Å². The molecule has 4 nitrogen and oxygen atoms in total. The molecule has 0 saturated carbocycles. The third-order valence-corrected chi connectivity index (χ3v) is 3.70. The number of anilines is 1. The molecule has 0 aliphatic carbocycles. The van der Waals surface area contributed by atoms with E-state index in [2.05, 4.69) is 0 Å². The van der Waals surface area contributed by atoms with Crippen molar-refractivity contribution in [3.8, 4) is 5.75 Å². The number of alkyl halides is 6. The molecular formula is C16H20F6N2O2. The SMILES string of the molecule is CCCCOc1ccc(NC(=O)NC(CC)(C(F)(F)F)C(F)(F)F)cc1. The van der Waals surface area contributed by atoms with Crippen LogP contribution in [0.25, 0.3) is 0 Å². The standard InChI is InChI=1S/C16H20F6N2O2/c1-3-5-10-26-12-8-6-11(7-9-12)23-13(25)24-14(4-2,15(17,18)19)16(20,21)22/h6-9H,3-5,10H2,1-2H3,(H2,23,24,25). The first-order valence-electron chi connectivity index (χ1n) is 7.92. The van der Waals surface area contributed by atoms with Gasteiger partial charge < -0.3 is 15.4 Å². The smallest absolute Gasteiger partial charge is 0.420 e. The number of nitrogens with one attached hydrogen (secondary N) is 2. The van der Waals surface area contributed by atoms with Gasteiger partial charge in [-0.05, 0) is 37.1 Å². The van der Waals surface area contributed by atoms with Gasteiger partial charge in [-0.3, -0.25) is 0 Å². The van der Waals surface area contributed by atoms with Gasteiger partial charge in [-0.1, -0.05) is 20.3 Å². The Morgan fingerprint density at radius 2 is 1.54 bits per heavy atom. The van der Waals surface area contributed by atoms with E-state index in [4.69, 9.17) is 4.74 Å². The zero-order valence-electron chi connectivity index (χ0n) is 14.2. The van der Waals surface area contributed by atoms with E-state index in [1.54, 1.807) is 0 Å². The lowest BCUT2D eigenvalue weighted by atomic mass is 9.94. The van der Waals surface area contributed by atoms with Gasteiger partial charge in [-0.15, -0.1) is 0 Å². The van der Waals surface area contributed by atoms with Gasteiger partial charge in [-0.25, -0.2) is 4.79 Å². The molecule has 10 heteroatoms. The summed E-state index contributed by atoms with van der Waals surface area (Å²) in [7, 11) is 0. The van der Waals surface area contributed by atoms with Gasteiger partial charge in [-0.2, -0.15) is 26.3 Å². The second kappa shape index (κ2) is 8.50. The number of amides is 2. The maximum Gasteiger partial charge on any atom is 0.420 e. The summed E-state index contributed by atoms with van der Waals surface area (Å²) in [5.74, 6) is 0.470. The number of halogens is 6. The topological polar surface area (TPSA) is 50.4 Å².